The van der Waals surface area contributed by atoms with Crippen molar-refractivity contribution < 1.29 is 33.3 Å². The third-order valence-corrected chi connectivity index (χ3v) is 5.79. The van der Waals surface area contributed by atoms with Crippen LogP contribution in [0.2, 0.25) is 0 Å². The van der Waals surface area contributed by atoms with Gasteiger partial charge < -0.3 is 23.8 Å². The van der Waals surface area contributed by atoms with E-state index in [0.717, 1.165) is 12.0 Å². The van der Waals surface area contributed by atoms with Crippen LogP contribution < -0.4 is 14.2 Å². The molecule has 2 aliphatic rings. The lowest BCUT2D eigenvalue weighted by Gasteiger charge is -2.31. The van der Waals surface area contributed by atoms with Crippen molar-refractivity contribution in [2.75, 3.05) is 33.4 Å². The average molecular weight is 466 g/mol. The van der Waals surface area contributed by atoms with Crippen LogP contribution in [0.3, 0.4) is 0 Å². The molecular formula is C26H27NO7. The fourth-order valence-electron chi connectivity index (χ4n) is 4.03. The van der Waals surface area contributed by atoms with Crippen LogP contribution in [-0.4, -0.2) is 56.0 Å². The number of amides is 1. The minimum absolute atomic E-state index is 0.172. The Hall–Kier alpha value is -3.81. The monoisotopic (exact) mass is 465 g/mol. The van der Waals surface area contributed by atoms with Gasteiger partial charge in [0.15, 0.2) is 12.4 Å². The smallest absolute Gasteiger partial charge is 0.310 e. The van der Waals surface area contributed by atoms with Crippen molar-refractivity contribution in [1.82, 2.24) is 4.90 Å². The molecule has 1 unspecified atom stereocenters. The second-order valence-electron chi connectivity index (χ2n) is 8.09. The molecule has 0 spiro atoms. The van der Waals surface area contributed by atoms with Crippen molar-refractivity contribution in [2.45, 2.75) is 19.8 Å². The maximum Gasteiger partial charge on any atom is 0.310 e. The molecule has 178 valence electrons. The molecule has 1 fully saturated rings. The fraction of sp³-hybridized carbons (Fsp3) is 0.346. The van der Waals surface area contributed by atoms with Gasteiger partial charge in [0.05, 0.1) is 25.2 Å². The second kappa shape index (κ2) is 10.4. The van der Waals surface area contributed by atoms with Crippen LogP contribution in [-0.2, 0) is 14.3 Å². The largest absolute Gasteiger partial charge is 0.497 e. The number of likely N-dealkylation sites (tertiary alicyclic amines) is 1. The van der Waals surface area contributed by atoms with E-state index in [0.29, 0.717) is 48.9 Å². The molecule has 8 heteroatoms. The molecule has 0 bridgehead atoms. The minimum atomic E-state index is -0.299. The third kappa shape index (κ3) is 5.22. The third-order valence-electron chi connectivity index (χ3n) is 5.79. The van der Waals surface area contributed by atoms with Crippen molar-refractivity contribution in [3.63, 3.8) is 0 Å². The molecule has 4 rings (SSSR count). The van der Waals surface area contributed by atoms with Gasteiger partial charge in [-0.2, -0.15) is 0 Å². The van der Waals surface area contributed by atoms with Crippen LogP contribution >= 0.6 is 0 Å². The van der Waals surface area contributed by atoms with Crippen molar-refractivity contribution in [3.05, 3.63) is 59.4 Å². The first-order valence-electron chi connectivity index (χ1n) is 11.3. The lowest BCUT2D eigenvalue weighted by atomic mass is 9.98. The number of esters is 1. The van der Waals surface area contributed by atoms with Gasteiger partial charge in [0.25, 0.3) is 5.91 Å². The summed E-state index contributed by atoms with van der Waals surface area (Å²) in [5, 5.41) is 0. The van der Waals surface area contributed by atoms with E-state index >= 15 is 0 Å². The molecule has 2 aromatic carbocycles. The summed E-state index contributed by atoms with van der Waals surface area (Å²) in [5.41, 5.74) is 1.21. The normalized spacial score (nSPS) is 18.3. The molecule has 0 N–H and O–H groups in total. The zero-order chi connectivity index (χ0) is 24.1. The van der Waals surface area contributed by atoms with Gasteiger partial charge in [-0.05, 0) is 55.7 Å². The summed E-state index contributed by atoms with van der Waals surface area (Å²) in [5.74, 6) is 0.690. The van der Waals surface area contributed by atoms with Gasteiger partial charge >= 0.3 is 5.97 Å². The number of rotatable bonds is 7. The van der Waals surface area contributed by atoms with Gasteiger partial charge in [0, 0.05) is 19.2 Å². The van der Waals surface area contributed by atoms with Crippen LogP contribution in [0.4, 0.5) is 0 Å². The Morgan fingerprint density at radius 1 is 1.18 bits per heavy atom. The number of fused-ring (bicyclic) bond motifs is 1. The number of nitrogens with zero attached hydrogens (tertiary/aromatic N) is 1. The van der Waals surface area contributed by atoms with Crippen molar-refractivity contribution >= 4 is 23.7 Å². The SMILES string of the molecule is CCOC(=O)C1CCCN(C(=O)COc2ccc3c(c2)O/C(=C\c2cccc(OC)c2)C3=O)C1. The Kier molecular flexibility index (Phi) is 7.15. The van der Waals surface area contributed by atoms with Crippen LogP contribution in [0.15, 0.2) is 48.2 Å². The second-order valence-corrected chi connectivity index (χ2v) is 8.09. The van der Waals surface area contributed by atoms with Crippen molar-refractivity contribution in [1.29, 1.82) is 0 Å². The highest BCUT2D eigenvalue weighted by atomic mass is 16.5. The molecule has 2 aliphatic heterocycles. The van der Waals surface area contributed by atoms with Gasteiger partial charge in [0.2, 0.25) is 5.78 Å². The van der Waals surface area contributed by atoms with E-state index < -0.39 is 0 Å². The number of hydrogen-bond acceptors (Lipinski definition) is 7. The summed E-state index contributed by atoms with van der Waals surface area (Å²) >= 11 is 0. The zero-order valence-electron chi connectivity index (χ0n) is 19.2. The highest BCUT2D eigenvalue weighted by molar-refractivity contribution is 6.14. The predicted molar refractivity (Wildman–Crippen MR) is 124 cm³/mol. The molecule has 34 heavy (non-hydrogen) atoms. The van der Waals surface area contributed by atoms with Crippen LogP contribution in [0.1, 0.15) is 35.7 Å². The van der Waals surface area contributed by atoms with E-state index in [1.807, 2.05) is 18.2 Å². The molecule has 0 saturated carbocycles. The number of Topliss-reactive ketones (excluding diaryl/α,β-unsaturated/α-hetero) is 1. The molecule has 1 saturated heterocycles. The van der Waals surface area contributed by atoms with Gasteiger partial charge in [-0.15, -0.1) is 0 Å². The summed E-state index contributed by atoms with van der Waals surface area (Å²) in [6.07, 6.45) is 3.11. The standard InChI is InChI=1S/C26H27NO7/c1-3-32-26(30)18-7-5-11-27(15-18)24(28)16-33-20-9-10-21-22(14-20)34-23(25(21)29)13-17-6-4-8-19(12-17)31-2/h4,6,8-10,12-14,18H,3,5,7,11,15-16H2,1-2H3/b23-13-. The Bertz CT molecular complexity index is 1120. The van der Waals surface area contributed by atoms with E-state index in [1.54, 1.807) is 49.3 Å². The summed E-state index contributed by atoms with van der Waals surface area (Å²) in [6, 6.07) is 12.2. The number of carbonyl (C=O) groups excluding carboxylic acids is 3. The average Bonchev–Trinajstić information content (AvgIpc) is 3.17. The number of ether oxygens (including phenoxy) is 4. The van der Waals surface area contributed by atoms with Gasteiger partial charge in [-0.1, -0.05) is 12.1 Å². The zero-order valence-corrected chi connectivity index (χ0v) is 19.2. The number of ketones is 1. The van der Waals surface area contributed by atoms with E-state index in [2.05, 4.69) is 0 Å². The van der Waals surface area contributed by atoms with Crippen molar-refractivity contribution in [2.24, 2.45) is 5.92 Å². The van der Waals surface area contributed by atoms with E-state index in [9.17, 15) is 14.4 Å². The highest BCUT2D eigenvalue weighted by Gasteiger charge is 2.30. The fourth-order valence-corrected chi connectivity index (χ4v) is 4.03. The molecule has 0 aliphatic carbocycles. The van der Waals surface area contributed by atoms with E-state index in [4.69, 9.17) is 18.9 Å². The number of methoxy groups -OCH3 is 1. The van der Waals surface area contributed by atoms with E-state index in [-0.39, 0.29) is 35.9 Å². The van der Waals surface area contributed by atoms with Gasteiger partial charge in [-0.3, -0.25) is 14.4 Å². The van der Waals surface area contributed by atoms with E-state index in [1.165, 1.54) is 0 Å². The first kappa shape index (κ1) is 23.4. The lowest BCUT2D eigenvalue weighted by molar-refractivity contribution is -0.151. The highest BCUT2D eigenvalue weighted by Crippen LogP contribution is 2.35. The van der Waals surface area contributed by atoms with Crippen LogP contribution in [0.25, 0.3) is 6.08 Å². The van der Waals surface area contributed by atoms with Crippen molar-refractivity contribution in [3.8, 4) is 17.2 Å². The molecular weight excluding hydrogens is 438 g/mol. The summed E-state index contributed by atoms with van der Waals surface area (Å²) in [4.78, 5) is 39.0. The topological polar surface area (TPSA) is 91.4 Å². The number of benzene rings is 2. The molecule has 0 aromatic heterocycles. The predicted octanol–water partition coefficient (Wildman–Crippen LogP) is 3.49. The Morgan fingerprint density at radius 3 is 2.82 bits per heavy atom. The van der Waals surface area contributed by atoms with Gasteiger partial charge in [0.1, 0.15) is 17.2 Å². The first-order chi connectivity index (χ1) is 16.5. The number of piperidine rings is 1. The molecule has 0 radical (unpaired) electrons. The molecule has 2 aromatic rings. The molecule has 1 amide bonds. The summed E-state index contributed by atoms with van der Waals surface area (Å²) in [7, 11) is 1.58. The Labute approximate surface area is 198 Å². The number of hydrogen-bond donors (Lipinski definition) is 0. The summed E-state index contributed by atoms with van der Waals surface area (Å²) in [6.45, 7) is 2.84. The van der Waals surface area contributed by atoms with Gasteiger partial charge in [-0.25, -0.2) is 0 Å². The maximum atomic E-state index is 12.7. The lowest BCUT2D eigenvalue weighted by Crippen LogP contribution is -2.44. The summed E-state index contributed by atoms with van der Waals surface area (Å²) < 4.78 is 21.7. The first-order valence-corrected chi connectivity index (χ1v) is 11.3. The number of allylic oxidation sites excluding steroid dienone is 1. The molecule has 1 atom stereocenters. The quantitative estimate of drug-likeness (QED) is 0.457. The number of carbonyl (C=O) groups is 3. The molecule has 8 nitrogen and oxygen atoms in total. The van der Waals surface area contributed by atoms with Crippen LogP contribution in [0.5, 0.6) is 17.2 Å². The maximum absolute atomic E-state index is 12.7. The Morgan fingerprint density at radius 2 is 2.03 bits per heavy atom. The Balaban J connectivity index is 1.38. The molecule has 2 heterocycles. The minimum Gasteiger partial charge on any atom is -0.497 e. The van der Waals surface area contributed by atoms with Crippen LogP contribution in [0, 0.1) is 5.92 Å².